The maximum Gasteiger partial charge on any atom is 0.271 e. The normalized spacial score (nSPS) is 19.1. The molecule has 1 fully saturated rings. The molecule has 1 N–H and O–H groups in total. The van der Waals surface area contributed by atoms with Crippen molar-refractivity contribution in [1.82, 2.24) is 19.8 Å². The highest BCUT2D eigenvalue weighted by molar-refractivity contribution is 7.17. The van der Waals surface area contributed by atoms with E-state index < -0.39 is 0 Å². The van der Waals surface area contributed by atoms with Gasteiger partial charge in [-0.15, -0.1) is 11.3 Å². The number of rotatable bonds is 5. The van der Waals surface area contributed by atoms with Crippen LogP contribution in [0.5, 0.6) is 0 Å². The number of fused-ring (bicyclic) bond motifs is 1. The van der Waals surface area contributed by atoms with E-state index in [0.717, 1.165) is 42.7 Å². The minimum Gasteiger partial charge on any atom is -0.352 e. The van der Waals surface area contributed by atoms with Gasteiger partial charge in [0.2, 0.25) is 5.91 Å². The Morgan fingerprint density at radius 1 is 1.48 bits per heavy atom. The number of nitrogens with one attached hydrogen (secondary N) is 1. The van der Waals surface area contributed by atoms with Crippen molar-refractivity contribution in [3.05, 3.63) is 28.1 Å². The molecule has 1 atom stereocenters. The SMILES string of the molecule is CCC(=O)N[C@H]1CCCN(CCn2cnc3ccsc3c2=O)C1. The molecule has 23 heavy (non-hydrogen) atoms. The smallest absolute Gasteiger partial charge is 0.271 e. The largest absolute Gasteiger partial charge is 0.352 e. The van der Waals surface area contributed by atoms with Crippen LogP contribution in [0.15, 0.2) is 22.6 Å². The van der Waals surface area contributed by atoms with Gasteiger partial charge in [-0.25, -0.2) is 4.98 Å². The zero-order chi connectivity index (χ0) is 16.2. The number of carbonyl (C=O) groups is 1. The minimum atomic E-state index is 0.0397. The lowest BCUT2D eigenvalue weighted by Gasteiger charge is -2.33. The zero-order valence-corrected chi connectivity index (χ0v) is 14.1. The fourth-order valence-corrected chi connectivity index (χ4v) is 3.79. The highest BCUT2D eigenvalue weighted by Crippen LogP contribution is 2.13. The van der Waals surface area contributed by atoms with Crippen molar-refractivity contribution in [2.75, 3.05) is 19.6 Å². The van der Waals surface area contributed by atoms with Crippen LogP contribution in [-0.4, -0.2) is 46.0 Å². The van der Waals surface area contributed by atoms with Crippen LogP contribution >= 0.6 is 11.3 Å². The van der Waals surface area contributed by atoms with E-state index in [2.05, 4.69) is 15.2 Å². The summed E-state index contributed by atoms with van der Waals surface area (Å²) in [5.41, 5.74) is 0.814. The van der Waals surface area contributed by atoms with Gasteiger partial charge in [0.15, 0.2) is 0 Å². The molecule has 1 amide bonds. The van der Waals surface area contributed by atoms with Crippen molar-refractivity contribution >= 4 is 27.5 Å². The Morgan fingerprint density at radius 2 is 2.35 bits per heavy atom. The molecule has 0 aromatic carbocycles. The third-order valence-electron chi connectivity index (χ3n) is 4.28. The second-order valence-corrected chi connectivity index (χ2v) is 6.86. The van der Waals surface area contributed by atoms with Crippen LogP contribution in [0.1, 0.15) is 26.2 Å². The third-order valence-corrected chi connectivity index (χ3v) is 5.18. The Labute approximate surface area is 139 Å². The van der Waals surface area contributed by atoms with Crippen molar-refractivity contribution in [1.29, 1.82) is 0 Å². The summed E-state index contributed by atoms with van der Waals surface area (Å²) in [6.07, 6.45) is 4.27. The van der Waals surface area contributed by atoms with E-state index in [-0.39, 0.29) is 17.5 Å². The Morgan fingerprint density at radius 3 is 3.17 bits per heavy atom. The quantitative estimate of drug-likeness (QED) is 0.899. The molecule has 0 bridgehead atoms. The lowest BCUT2D eigenvalue weighted by molar-refractivity contribution is -0.121. The van der Waals surface area contributed by atoms with E-state index in [9.17, 15) is 9.59 Å². The highest BCUT2D eigenvalue weighted by Gasteiger charge is 2.20. The number of hydrogen-bond acceptors (Lipinski definition) is 5. The highest BCUT2D eigenvalue weighted by atomic mass is 32.1. The number of amides is 1. The van der Waals surface area contributed by atoms with Crippen molar-refractivity contribution in [3.8, 4) is 0 Å². The fraction of sp³-hybridized carbons (Fsp3) is 0.562. The lowest BCUT2D eigenvalue weighted by Crippen LogP contribution is -2.48. The molecule has 2 aromatic rings. The van der Waals surface area contributed by atoms with Crippen LogP contribution in [-0.2, 0) is 11.3 Å². The maximum atomic E-state index is 12.4. The van der Waals surface area contributed by atoms with Gasteiger partial charge in [0, 0.05) is 32.1 Å². The van der Waals surface area contributed by atoms with E-state index >= 15 is 0 Å². The molecule has 0 saturated carbocycles. The topological polar surface area (TPSA) is 67.2 Å². The van der Waals surface area contributed by atoms with Crippen molar-refractivity contribution in [2.45, 2.75) is 38.8 Å². The summed E-state index contributed by atoms with van der Waals surface area (Å²) in [5.74, 6) is 0.111. The first-order valence-corrected chi connectivity index (χ1v) is 8.99. The van der Waals surface area contributed by atoms with Gasteiger partial charge in [-0.1, -0.05) is 6.92 Å². The van der Waals surface area contributed by atoms with Gasteiger partial charge in [-0.2, -0.15) is 0 Å². The summed E-state index contributed by atoms with van der Waals surface area (Å²) in [6.45, 7) is 5.18. The summed E-state index contributed by atoms with van der Waals surface area (Å²) >= 11 is 1.44. The second-order valence-electron chi connectivity index (χ2n) is 5.94. The van der Waals surface area contributed by atoms with Gasteiger partial charge in [-0.3, -0.25) is 19.1 Å². The molecule has 6 nitrogen and oxygen atoms in total. The first kappa shape index (κ1) is 16.1. The van der Waals surface area contributed by atoms with Crippen molar-refractivity contribution < 1.29 is 4.79 Å². The van der Waals surface area contributed by atoms with Crippen LogP contribution in [0.4, 0.5) is 0 Å². The number of thiophene rings is 1. The number of carbonyl (C=O) groups excluding carboxylic acids is 1. The van der Waals surface area contributed by atoms with Crippen LogP contribution < -0.4 is 10.9 Å². The molecule has 0 unspecified atom stereocenters. The standard InChI is InChI=1S/C16H22N4O2S/c1-2-14(21)18-12-4-3-6-19(10-12)7-8-20-11-17-13-5-9-23-15(13)16(20)22/h5,9,11-12H,2-4,6-8,10H2,1H3,(H,18,21)/t12-/m0/s1. The Hall–Kier alpha value is -1.73. The summed E-state index contributed by atoms with van der Waals surface area (Å²) in [7, 11) is 0. The molecule has 1 aliphatic rings. The number of piperidine rings is 1. The second kappa shape index (κ2) is 7.23. The van der Waals surface area contributed by atoms with Gasteiger partial charge in [-0.05, 0) is 30.8 Å². The molecule has 1 aliphatic heterocycles. The number of likely N-dealkylation sites (tertiary alicyclic amines) is 1. The molecule has 0 spiro atoms. The first-order chi connectivity index (χ1) is 11.2. The molecule has 2 aromatic heterocycles. The Bertz CT molecular complexity index is 739. The van der Waals surface area contributed by atoms with Gasteiger partial charge in [0.25, 0.3) is 5.56 Å². The molecule has 7 heteroatoms. The molecule has 3 heterocycles. The van der Waals surface area contributed by atoms with Crippen LogP contribution in [0, 0.1) is 0 Å². The molecule has 1 saturated heterocycles. The van der Waals surface area contributed by atoms with Gasteiger partial charge in [0.1, 0.15) is 4.70 Å². The predicted octanol–water partition coefficient (Wildman–Crippen LogP) is 1.45. The zero-order valence-electron chi connectivity index (χ0n) is 13.3. The average Bonchev–Trinajstić information content (AvgIpc) is 3.04. The number of nitrogens with zero attached hydrogens (tertiary/aromatic N) is 3. The van der Waals surface area contributed by atoms with Crippen LogP contribution in [0.2, 0.25) is 0 Å². The van der Waals surface area contributed by atoms with E-state index in [1.54, 1.807) is 10.9 Å². The molecular formula is C16H22N4O2S. The molecular weight excluding hydrogens is 312 g/mol. The van der Waals surface area contributed by atoms with Gasteiger partial charge >= 0.3 is 0 Å². The Kier molecular flexibility index (Phi) is 5.07. The predicted molar refractivity (Wildman–Crippen MR) is 91.8 cm³/mol. The maximum absolute atomic E-state index is 12.4. The summed E-state index contributed by atoms with van der Waals surface area (Å²) in [5, 5.41) is 4.97. The first-order valence-electron chi connectivity index (χ1n) is 8.11. The number of hydrogen-bond donors (Lipinski definition) is 1. The summed E-state index contributed by atoms with van der Waals surface area (Å²) < 4.78 is 2.41. The Balaban J connectivity index is 1.59. The monoisotopic (exact) mass is 334 g/mol. The lowest BCUT2D eigenvalue weighted by atomic mass is 10.1. The van der Waals surface area contributed by atoms with Crippen molar-refractivity contribution in [2.24, 2.45) is 0 Å². The van der Waals surface area contributed by atoms with E-state index in [4.69, 9.17) is 0 Å². The fourth-order valence-electron chi connectivity index (χ4n) is 2.99. The van der Waals surface area contributed by atoms with Gasteiger partial charge in [0.05, 0.1) is 11.8 Å². The molecule has 0 aliphatic carbocycles. The minimum absolute atomic E-state index is 0.0397. The molecule has 124 valence electrons. The average molecular weight is 334 g/mol. The molecule has 0 radical (unpaired) electrons. The number of aromatic nitrogens is 2. The third kappa shape index (κ3) is 3.79. The van der Waals surface area contributed by atoms with E-state index in [0.29, 0.717) is 13.0 Å². The summed E-state index contributed by atoms with van der Waals surface area (Å²) in [4.78, 5) is 30.5. The van der Waals surface area contributed by atoms with Crippen LogP contribution in [0.3, 0.4) is 0 Å². The summed E-state index contributed by atoms with van der Waals surface area (Å²) in [6, 6.07) is 2.10. The van der Waals surface area contributed by atoms with Crippen molar-refractivity contribution in [3.63, 3.8) is 0 Å². The van der Waals surface area contributed by atoms with E-state index in [1.807, 2.05) is 18.4 Å². The van der Waals surface area contributed by atoms with Gasteiger partial charge < -0.3 is 5.32 Å². The van der Waals surface area contributed by atoms with Crippen LogP contribution in [0.25, 0.3) is 10.2 Å². The molecule has 3 rings (SSSR count). The van der Waals surface area contributed by atoms with E-state index in [1.165, 1.54) is 11.3 Å².